The number of rotatable bonds is 9. The topological polar surface area (TPSA) is 67.4 Å². The van der Waals surface area contributed by atoms with E-state index in [1.54, 1.807) is 12.1 Å². The number of halogens is 2. The van der Waals surface area contributed by atoms with Gasteiger partial charge in [0.05, 0.1) is 10.0 Å². The van der Waals surface area contributed by atoms with Crippen LogP contribution in [0.5, 0.6) is 5.75 Å². The van der Waals surface area contributed by atoms with Crippen molar-refractivity contribution in [3.05, 3.63) is 63.6 Å². The standard InChI is InChI=1S/C20H22Cl2N2O3/c1-2-3-14-4-7-16(8-5-14)27-13-19(25)23-10-11-24-20(26)15-6-9-17(21)18(22)12-15/h4-9,12H,2-3,10-11,13H2,1H3,(H,23,25)(H,24,26). The van der Waals surface area contributed by atoms with Crippen molar-refractivity contribution in [2.75, 3.05) is 19.7 Å². The molecule has 0 radical (unpaired) electrons. The number of ether oxygens (including phenoxy) is 1. The Morgan fingerprint density at radius 2 is 1.67 bits per heavy atom. The van der Waals surface area contributed by atoms with Crippen molar-refractivity contribution in [1.29, 1.82) is 0 Å². The van der Waals surface area contributed by atoms with Gasteiger partial charge in [-0.3, -0.25) is 9.59 Å². The van der Waals surface area contributed by atoms with E-state index >= 15 is 0 Å². The lowest BCUT2D eigenvalue weighted by atomic mass is 10.1. The zero-order valence-electron chi connectivity index (χ0n) is 15.1. The molecule has 0 fully saturated rings. The summed E-state index contributed by atoms with van der Waals surface area (Å²) >= 11 is 11.7. The van der Waals surface area contributed by atoms with Gasteiger partial charge in [0.1, 0.15) is 5.75 Å². The smallest absolute Gasteiger partial charge is 0.258 e. The molecule has 2 amide bonds. The van der Waals surface area contributed by atoms with E-state index < -0.39 is 0 Å². The molecule has 0 aliphatic carbocycles. The first-order valence-corrected chi connectivity index (χ1v) is 9.47. The molecule has 0 bridgehead atoms. The van der Waals surface area contributed by atoms with Crippen LogP contribution in [0, 0.1) is 0 Å². The maximum Gasteiger partial charge on any atom is 0.258 e. The first-order chi connectivity index (χ1) is 13.0. The highest BCUT2D eigenvalue weighted by Crippen LogP contribution is 2.22. The van der Waals surface area contributed by atoms with E-state index in [4.69, 9.17) is 27.9 Å². The van der Waals surface area contributed by atoms with Gasteiger partial charge in [-0.05, 0) is 42.3 Å². The minimum absolute atomic E-state index is 0.0755. The van der Waals surface area contributed by atoms with Crippen molar-refractivity contribution in [2.24, 2.45) is 0 Å². The maximum atomic E-state index is 12.0. The average molecular weight is 409 g/mol. The fourth-order valence-corrected chi connectivity index (χ4v) is 2.66. The van der Waals surface area contributed by atoms with Gasteiger partial charge in [-0.15, -0.1) is 0 Å². The number of nitrogens with one attached hydrogen (secondary N) is 2. The summed E-state index contributed by atoms with van der Waals surface area (Å²) in [7, 11) is 0. The summed E-state index contributed by atoms with van der Waals surface area (Å²) in [6.45, 7) is 2.64. The van der Waals surface area contributed by atoms with Gasteiger partial charge in [0, 0.05) is 18.7 Å². The lowest BCUT2D eigenvalue weighted by Crippen LogP contribution is -2.36. The number of amides is 2. The van der Waals surface area contributed by atoms with Crippen LogP contribution in [-0.4, -0.2) is 31.5 Å². The molecule has 0 saturated carbocycles. The largest absolute Gasteiger partial charge is 0.484 e. The molecule has 2 aromatic carbocycles. The van der Waals surface area contributed by atoms with Gasteiger partial charge in [0.25, 0.3) is 11.8 Å². The molecule has 2 aromatic rings. The summed E-state index contributed by atoms with van der Waals surface area (Å²) < 4.78 is 5.45. The van der Waals surface area contributed by atoms with Gasteiger partial charge < -0.3 is 15.4 Å². The average Bonchev–Trinajstić information content (AvgIpc) is 2.67. The molecule has 0 atom stereocenters. The maximum absolute atomic E-state index is 12.0. The van der Waals surface area contributed by atoms with Gasteiger partial charge >= 0.3 is 0 Å². The van der Waals surface area contributed by atoms with E-state index in [9.17, 15) is 9.59 Å². The normalized spacial score (nSPS) is 10.3. The van der Waals surface area contributed by atoms with E-state index in [1.165, 1.54) is 11.6 Å². The molecule has 144 valence electrons. The molecule has 0 aliphatic heterocycles. The minimum atomic E-state index is -0.286. The number of carbonyl (C=O) groups is 2. The van der Waals surface area contributed by atoms with Crippen molar-refractivity contribution in [3.63, 3.8) is 0 Å². The molecular weight excluding hydrogens is 387 g/mol. The van der Waals surface area contributed by atoms with Gasteiger partial charge in [-0.25, -0.2) is 0 Å². The van der Waals surface area contributed by atoms with Crippen molar-refractivity contribution in [3.8, 4) is 5.75 Å². The Balaban J connectivity index is 1.65. The quantitative estimate of drug-likeness (QED) is 0.618. The van der Waals surface area contributed by atoms with Gasteiger partial charge in [-0.2, -0.15) is 0 Å². The zero-order valence-corrected chi connectivity index (χ0v) is 16.6. The van der Waals surface area contributed by atoms with E-state index in [0.717, 1.165) is 12.8 Å². The molecule has 0 saturated heterocycles. The Hall–Kier alpha value is -2.24. The van der Waals surface area contributed by atoms with Crippen LogP contribution in [0.25, 0.3) is 0 Å². The number of hydrogen-bond donors (Lipinski definition) is 2. The highest BCUT2D eigenvalue weighted by molar-refractivity contribution is 6.42. The Morgan fingerprint density at radius 3 is 2.33 bits per heavy atom. The third-order valence-electron chi connectivity index (χ3n) is 3.75. The van der Waals surface area contributed by atoms with Crippen LogP contribution < -0.4 is 15.4 Å². The molecule has 27 heavy (non-hydrogen) atoms. The second kappa shape index (κ2) is 10.8. The third kappa shape index (κ3) is 7.12. The molecule has 0 unspecified atom stereocenters. The Kier molecular flexibility index (Phi) is 8.43. The second-order valence-electron chi connectivity index (χ2n) is 5.92. The fourth-order valence-electron chi connectivity index (χ4n) is 2.36. The SMILES string of the molecule is CCCc1ccc(OCC(=O)NCCNC(=O)c2ccc(Cl)c(Cl)c2)cc1. The number of hydrogen-bond acceptors (Lipinski definition) is 3. The molecule has 0 aromatic heterocycles. The summed E-state index contributed by atoms with van der Waals surface area (Å²) in [5.74, 6) is 0.112. The number of aryl methyl sites for hydroxylation is 1. The lowest BCUT2D eigenvalue weighted by molar-refractivity contribution is -0.123. The summed E-state index contributed by atoms with van der Waals surface area (Å²) in [4.78, 5) is 23.8. The Labute approximate surface area is 169 Å². The first-order valence-electron chi connectivity index (χ1n) is 8.71. The molecule has 0 heterocycles. The van der Waals surface area contributed by atoms with Crippen molar-refractivity contribution in [1.82, 2.24) is 10.6 Å². The summed E-state index contributed by atoms with van der Waals surface area (Å²) in [5, 5.41) is 6.09. The third-order valence-corrected chi connectivity index (χ3v) is 4.49. The first kappa shape index (κ1) is 21.1. The van der Waals surface area contributed by atoms with Gasteiger partial charge in [-0.1, -0.05) is 48.7 Å². The van der Waals surface area contributed by atoms with Crippen LogP contribution in [0.1, 0.15) is 29.3 Å². The highest BCUT2D eigenvalue weighted by Gasteiger charge is 2.08. The van der Waals surface area contributed by atoms with Crippen LogP contribution in [-0.2, 0) is 11.2 Å². The van der Waals surface area contributed by atoms with Crippen molar-refractivity contribution >= 4 is 35.0 Å². The van der Waals surface area contributed by atoms with Crippen molar-refractivity contribution < 1.29 is 14.3 Å². The van der Waals surface area contributed by atoms with E-state index in [0.29, 0.717) is 27.9 Å². The lowest BCUT2D eigenvalue weighted by Gasteiger charge is -2.09. The molecular formula is C20H22Cl2N2O3. The van der Waals surface area contributed by atoms with Crippen LogP contribution in [0.15, 0.2) is 42.5 Å². The Morgan fingerprint density at radius 1 is 0.963 bits per heavy atom. The predicted molar refractivity (Wildman–Crippen MR) is 108 cm³/mol. The zero-order chi connectivity index (χ0) is 19.6. The van der Waals surface area contributed by atoms with Crippen LogP contribution in [0.4, 0.5) is 0 Å². The van der Waals surface area contributed by atoms with Crippen LogP contribution >= 0.6 is 23.2 Å². The second-order valence-corrected chi connectivity index (χ2v) is 6.73. The minimum Gasteiger partial charge on any atom is -0.484 e. The number of benzene rings is 2. The monoisotopic (exact) mass is 408 g/mol. The molecule has 7 heteroatoms. The predicted octanol–water partition coefficient (Wildman–Crippen LogP) is 3.87. The molecule has 2 N–H and O–H groups in total. The van der Waals surface area contributed by atoms with E-state index in [-0.39, 0.29) is 25.0 Å². The van der Waals surface area contributed by atoms with Crippen molar-refractivity contribution in [2.45, 2.75) is 19.8 Å². The Bertz CT molecular complexity index is 779. The van der Waals surface area contributed by atoms with Gasteiger partial charge in [0.2, 0.25) is 0 Å². The fraction of sp³-hybridized carbons (Fsp3) is 0.300. The van der Waals surface area contributed by atoms with Gasteiger partial charge in [0.15, 0.2) is 6.61 Å². The van der Waals surface area contributed by atoms with E-state index in [1.807, 2.05) is 24.3 Å². The summed E-state index contributed by atoms with van der Waals surface area (Å²) in [5.41, 5.74) is 1.65. The molecule has 2 rings (SSSR count). The van der Waals surface area contributed by atoms with Crippen LogP contribution in [0.2, 0.25) is 10.0 Å². The summed E-state index contributed by atoms with van der Waals surface area (Å²) in [6, 6.07) is 12.3. The molecule has 0 aliphatic rings. The van der Waals surface area contributed by atoms with E-state index in [2.05, 4.69) is 17.6 Å². The summed E-state index contributed by atoms with van der Waals surface area (Å²) in [6.07, 6.45) is 2.11. The number of carbonyl (C=O) groups excluding carboxylic acids is 2. The van der Waals surface area contributed by atoms with Crippen LogP contribution in [0.3, 0.4) is 0 Å². The molecule has 5 nitrogen and oxygen atoms in total. The highest BCUT2D eigenvalue weighted by atomic mass is 35.5. The molecule has 0 spiro atoms.